The van der Waals surface area contributed by atoms with E-state index in [4.69, 9.17) is 18.9 Å². The van der Waals surface area contributed by atoms with Gasteiger partial charge in [0.05, 0.1) is 19.8 Å². The van der Waals surface area contributed by atoms with Crippen LogP contribution in [0.5, 0.6) is 5.75 Å². The highest BCUT2D eigenvalue weighted by Gasteiger charge is 2.24. The normalized spacial score (nSPS) is 14.6. The predicted molar refractivity (Wildman–Crippen MR) is 133 cm³/mol. The van der Waals surface area contributed by atoms with E-state index in [1.807, 2.05) is 30.5 Å². The molecule has 1 saturated carbocycles. The average molecular weight is 481 g/mol. The minimum Gasteiger partial charge on any atom is -0.496 e. The summed E-state index contributed by atoms with van der Waals surface area (Å²) >= 11 is 0. The number of hydrogen-bond donors (Lipinski definition) is 2. The van der Waals surface area contributed by atoms with Crippen LogP contribution in [0.25, 0.3) is 10.9 Å². The van der Waals surface area contributed by atoms with E-state index in [9.17, 15) is 9.59 Å². The Kier molecular flexibility index (Phi) is 7.92. The van der Waals surface area contributed by atoms with E-state index >= 15 is 0 Å². The number of benzene rings is 2. The van der Waals surface area contributed by atoms with E-state index in [1.54, 1.807) is 26.4 Å². The Morgan fingerprint density at radius 1 is 1.06 bits per heavy atom. The second-order valence-corrected chi connectivity index (χ2v) is 8.72. The summed E-state index contributed by atoms with van der Waals surface area (Å²) in [5.74, 6) is 0.0967. The summed E-state index contributed by atoms with van der Waals surface area (Å²) < 4.78 is 21.5. The van der Waals surface area contributed by atoms with Gasteiger partial charge in [0.15, 0.2) is 0 Å². The number of carbonyl (C=O) groups excluding carboxylic acids is 2. The second-order valence-electron chi connectivity index (χ2n) is 8.72. The summed E-state index contributed by atoms with van der Waals surface area (Å²) in [7, 11) is 4.60. The number of methoxy groups -OCH3 is 3. The molecule has 1 heterocycles. The number of ether oxygens (including phenoxy) is 4. The van der Waals surface area contributed by atoms with Gasteiger partial charge in [0.2, 0.25) is 0 Å². The molecule has 2 N–H and O–H groups in total. The van der Waals surface area contributed by atoms with Crippen LogP contribution in [-0.2, 0) is 14.2 Å². The van der Waals surface area contributed by atoms with Crippen molar-refractivity contribution in [1.82, 2.24) is 4.98 Å². The minimum absolute atomic E-state index is 0.000372. The molecule has 0 spiro atoms. The fourth-order valence-corrected chi connectivity index (χ4v) is 4.77. The van der Waals surface area contributed by atoms with Crippen LogP contribution < -0.4 is 10.1 Å². The zero-order chi connectivity index (χ0) is 24.8. The van der Waals surface area contributed by atoms with Gasteiger partial charge in [-0.05, 0) is 68.0 Å². The molecular weight excluding hydrogens is 448 g/mol. The quantitative estimate of drug-likeness (QED) is 0.386. The number of nitrogens with one attached hydrogen (secondary N) is 2. The van der Waals surface area contributed by atoms with Crippen LogP contribution in [0.15, 0.2) is 42.6 Å². The Morgan fingerprint density at radius 2 is 1.86 bits per heavy atom. The number of anilines is 1. The molecule has 186 valence electrons. The van der Waals surface area contributed by atoms with E-state index in [0.29, 0.717) is 30.0 Å². The Hall–Kier alpha value is -3.52. The van der Waals surface area contributed by atoms with Crippen molar-refractivity contribution < 1.29 is 28.5 Å². The molecule has 0 bridgehead atoms. The van der Waals surface area contributed by atoms with E-state index in [0.717, 1.165) is 47.7 Å². The first kappa shape index (κ1) is 24.6. The highest BCUT2D eigenvalue weighted by Crippen LogP contribution is 2.39. The maximum Gasteiger partial charge on any atom is 0.411 e. The van der Waals surface area contributed by atoms with Crippen LogP contribution in [0.4, 0.5) is 10.5 Å². The molecule has 1 aromatic heterocycles. The first-order chi connectivity index (χ1) is 17.0. The molecule has 4 rings (SSSR count). The van der Waals surface area contributed by atoms with Crippen LogP contribution in [0.1, 0.15) is 59.5 Å². The summed E-state index contributed by atoms with van der Waals surface area (Å²) in [4.78, 5) is 27.8. The zero-order valence-electron chi connectivity index (χ0n) is 20.4. The fourth-order valence-electron chi connectivity index (χ4n) is 4.77. The van der Waals surface area contributed by atoms with Gasteiger partial charge in [-0.1, -0.05) is 6.07 Å². The van der Waals surface area contributed by atoms with Gasteiger partial charge in [-0.15, -0.1) is 0 Å². The summed E-state index contributed by atoms with van der Waals surface area (Å²) in [6.45, 7) is 0.533. The third-order valence-electron chi connectivity index (χ3n) is 6.55. The standard InChI is InChI=1S/C27H32N2O6/c1-32-13-12-20(21-10-8-17(26(30)34-3)14-25(21)33-2)23-16-28-24-11-9-18(15-22(23)24)29-27(31)35-19-6-4-5-7-19/h8-11,14-16,19-20,28H,4-7,12-13H2,1-3H3,(H,29,31). The molecule has 35 heavy (non-hydrogen) atoms. The minimum atomic E-state index is -0.427. The Bertz CT molecular complexity index is 1180. The number of rotatable bonds is 9. The fraction of sp³-hybridized carbons (Fsp3) is 0.407. The number of fused-ring (bicyclic) bond motifs is 1. The van der Waals surface area contributed by atoms with Gasteiger partial charge < -0.3 is 23.9 Å². The van der Waals surface area contributed by atoms with Crippen LogP contribution >= 0.6 is 0 Å². The molecule has 8 heteroatoms. The lowest BCUT2D eigenvalue weighted by Gasteiger charge is -2.20. The van der Waals surface area contributed by atoms with Crippen LogP contribution in [-0.4, -0.2) is 51.1 Å². The van der Waals surface area contributed by atoms with Crippen molar-refractivity contribution in [2.75, 3.05) is 33.3 Å². The van der Waals surface area contributed by atoms with Crippen molar-refractivity contribution in [1.29, 1.82) is 0 Å². The predicted octanol–water partition coefficient (Wildman–Crippen LogP) is 5.62. The van der Waals surface area contributed by atoms with Gasteiger partial charge in [-0.3, -0.25) is 5.32 Å². The van der Waals surface area contributed by atoms with E-state index in [1.165, 1.54) is 7.11 Å². The van der Waals surface area contributed by atoms with Crippen LogP contribution in [0.2, 0.25) is 0 Å². The zero-order valence-corrected chi connectivity index (χ0v) is 20.4. The van der Waals surface area contributed by atoms with Gasteiger partial charge in [0.1, 0.15) is 11.9 Å². The van der Waals surface area contributed by atoms with Crippen molar-refractivity contribution in [3.05, 3.63) is 59.3 Å². The third-order valence-corrected chi connectivity index (χ3v) is 6.55. The molecule has 0 radical (unpaired) electrons. The van der Waals surface area contributed by atoms with Gasteiger partial charge in [-0.25, -0.2) is 9.59 Å². The van der Waals surface area contributed by atoms with Gasteiger partial charge in [0.25, 0.3) is 0 Å². The third kappa shape index (κ3) is 5.59. The Labute approximate surface area is 204 Å². The average Bonchev–Trinajstić information content (AvgIpc) is 3.53. The number of H-pyrrole nitrogens is 1. The van der Waals surface area contributed by atoms with Gasteiger partial charge in [0, 0.05) is 48.0 Å². The monoisotopic (exact) mass is 480 g/mol. The van der Waals surface area contributed by atoms with E-state index in [2.05, 4.69) is 10.3 Å². The highest BCUT2D eigenvalue weighted by atomic mass is 16.6. The SMILES string of the molecule is COCCC(c1ccc(C(=O)OC)cc1OC)c1c[nH]c2ccc(NC(=O)OC3CCCC3)cc12. The Morgan fingerprint density at radius 3 is 2.57 bits per heavy atom. The molecule has 1 unspecified atom stereocenters. The van der Waals surface area contributed by atoms with Crippen molar-refractivity contribution in [2.24, 2.45) is 0 Å². The van der Waals surface area contributed by atoms with Crippen molar-refractivity contribution >= 4 is 28.7 Å². The number of aromatic amines is 1. The molecule has 0 aliphatic heterocycles. The molecule has 1 aliphatic carbocycles. The Balaban J connectivity index is 1.66. The van der Waals surface area contributed by atoms with E-state index in [-0.39, 0.29) is 12.0 Å². The molecule has 1 amide bonds. The summed E-state index contributed by atoms with van der Waals surface area (Å²) in [6, 6.07) is 11.1. The molecule has 1 fully saturated rings. The smallest absolute Gasteiger partial charge is 0.411 e. The van der Waals surface area contributed by atoms with Crippen molar-refractivity contribution in [2.45, 2.75) is 44.1 Å². The lowest BCUT2D eigenvalue weighted by atomic mass is 9.87. The molecule has 0 saturated heterocycles. The maximum absolute atomic E-state index is 12.4. The first-order valence-electron chi connectivity index (χ1n) is 11.9. The molecule has 2 aromatic carbocycles. The van der Waals surface area contributed by atoms with Gasteiger partial charge >= 0.3 is 12.1 Å². The molecule has 1 atom stereocenters. The molecular formula is C27H32N2O6. The number of hydrogen-bond acceptors (Lipinski definition) is 6. The number of esters is 1. The topological polar surface area (TPSA) is 98.9 Å². The lowest BCUT2D eigenvalue weighted by molar-refractivity contribution is 0.0600. The van der Waals surface area contributed by atoms with Gasteiger partial charge in [-0.2, -0.15) is 0 Å². The van der Waals surface area contributed by atoms with Crippen molar-refractivity contribution in [3.8, 4) is 5.75 Å². The number of amides is 1. The summed E-state index contributed by atoms with van der Waals surface area (Å²) in [5, 5.41) is 3.85. The summed E-state index contributed by atoms with van der Waals surface area (Å²) in [6.07, 6.45) is 6.29. The first-order valence-corrected chi connectivity index (χ1v) is 11.9. The summed E-state index contributed by atoms with van der Waals surface area (Å²) in [5.41, 5.74) is 4.00. The van der Waals surface area contributed by atoms with Crippen LogP contribution in [0.3, 0.4) is 0 Å². The maximum atomic E-state index is 12.4. The van der Waals surface area contributed by atoms with Crippen molar-refractivity contribution in [3.63, 3.8) is 0 Å². The largest absolute Gasteiger partial charge is 0.496 e. The van der Waals surface area contributed by atoms with Crippen LogP contribution in [0, 0.1) is 0 Å². The number of carbonyl (C=O) groups is 2. The highest BCUT2D eigenvalue weighted by molar-refractivity contribution is 5.92. The van der Waals surface area contributed by atoms with E-state index < -0.39 is 12.1 Å². The lowest BCUT2D eigenvalue weighted by Crippen LogP contribution is -2.20. The molecule has 3 aromatic rings. The number of aromatic nitrogens is 1. The molecule has 8 nitrogen and oxygen atoms in total. The molecule has 1 aliphatic rings. The second kappa shape index (κ2) is 11.3.